The topological polar surface area (TPSA) is 75.3 Å². The summed E-state index contributed by atoms with van der Waals surface area (Å²) < 4.78 is 0. The molecule has 4 nitrogen and oxygen atoms in total. The van der Waals surface area contributed by atoms with E-state index in [0.29, 0.717) is 11.4 Å². The maximum absolute atomic E-state index is 12.0. The molecule has 4 N–H and O–H groups in total. The molecule has 2 rings (SSSR count). The van der Waals surface area contributed by atoms with Gasteiger partial charge in [-0.1, -0.05) is 11.6 Å². The third-order valence-electron chi connectivity index (χ3n) is 2.57. The molecule has 1 amide bonds. The average molecular weight is 242 g/mol. The molecule has 0 spiro atoms. The summed E-state index contributed by atoms with van der Waals surface area (Å²) in [5, 5.41) is 12.3. The lowest BCUT2D eigenvalue weighted by atomic mass is 10.1. The molecule has 2 aromatic carbocycles. The van der Waals surface area contributed by atoms with Crippen LogP contribution >= 0.6 is 0 Å². The summed E-state index contributed by atoms with van der Waals surface area (Å²) in [5.41, 5.74) is 7.99. The van der Waals surface area contributed by atoms with Crippen molar-refractivity contribution in [1.29, 1.82) is 0 Å². The van der Waals surface area contributed by atoms with E-state index in [2.05, 4.69) is 5.32 Å². The van der Waals surface area contributed by atoms with Crippen LogP contribution in [0.4, 0.5) is 11.4 Å². The molecule has 0 unspecified atom stereocenters. The molecule has 0 saturated heterocycles. The Bertz CT molecular complexity index is 577. The van der Waals surface area contributed by atoms with Crippen LogP contribution in [0.3, 0.4) is 0 Å². The number of anilines is 2. The van der Waals surface area contributed by atoms with Gasteiger partial charge in [-0.05, 0) is 43.3 Å². The third-order valence-corrected chi connectivity index (χ3v) is 2.57. The van der Waals surface area contributed by atoms with E-state index in [-0.39, 0.29) is 17.2 Å². The Kier molecular flexibility index (Phi) is 3.19. The fraction of sp³-hybridized carbons (Fsp3) is 0.0714. The molecule has 0 aromatic heterocycles. The van der Waals surface area contributed by atoms with Crippen LogP contribution in [0.5, 0.6) is 5.75 Å². The van der Waals surface area contributed by atoms with E-state index in [4.69, 9.17) is 5.73 Å². The summed E-state index contributed by atoms with van der Waals surface area (Å²) in [6.07, 6.45) is 0. The normalized spacial score (nSPS) is 10.1. The fourth-order valence-corrected chi connectivity index (χ4v) is 1.60. The SMILES string of the molecule is Cc1ccc(O)c(C(=O)Nc2ccc(N)cc2)c1. The van der Waals surface area contributed by atoms with Gasteiger partial charge in [-0.25, -0.2) is 0 Å². The maximum Gasteiger partial charge on any atom is 0.259 e. The number of phenolic OH excluding ortho intramolecular Hbond substituents is 1. The molecule has 0 aliphatic heterocycles. The zero-order chi connectivity index (χ0) is 13.1. The van der Waals surface area contributed by atoms with Crippen LogP contribution in [-0.4, -0.2) is 11.0 Å². The first-order chi connectivity index (χ1) is 8.56. The number of phenols is 1. The van der Waals surface area contributed by atoms with Crippen molar-refractivity contribution in [2.45, 2.75) is 6.92 Å². The first-order valence-corrected chi connectivity index (χ1v) is 5.53. The van der Waals surface area contributed by atoms with Crippen molar-refractivity contribution < 1.29 is 9.90 Å². The molecule has 92 valence electrons. The van der Waals surface area contributed by atoms with Gasteiger partial charge in [0, 0.05) is 11.4 Å². The smallest absolute Gasteiger partial charge is 0.259 e. The predicted molar refractivity (Wildman–Crippen MR) is 71.7 cm³/mol. The van der Waals surface area contributed by atoms with Crippen LogP contribution in [0.15, 0.2) is 42.5 Å². The Morgan fingerprint density at radius 2 is 1.83 bits per heavy atom. The number of nitrogens with one attached hydrogen (secondary N) is 1. The Morgan fingerprint density at radius 3 is 2.50 bits per heavy atom. The molecule has 0 aliphatic rings. The summed E-state index contributed by atoms with van der Waals surface area (Å²) in [4.78, 5) is 12.0. The van der Waals surface area contributed by atoms with E-state index in [9.17, 15) is 9.90 Å². The number of aromatic hydroxyl groups is 1. The van der Waals surface area contributed by atoms with E-state index in [1.54, 1.807) is 36.4 Å². The second kappa shape index (κ2) is 4.79. The summed E-state index contributed by atoms with van der Waals surface area (Å²) in [7, 11) is 0. The zero-order valence-electron chi connectivity index (χ0n) is 9.97. The average Bonchev–Trinajstić information content (AvgIpc) is 2.35. The monoisotopic (exact) mass is 242 g/mol. The van der Waals surface area contributed by atoms with Gasteiger partial charge in [0.05, 0.1) is 5.56 Å². The quantitative estimate of drug-likeness (QED) is 0.708. The van der Waals surface area contributed by atoms with Crippen molar-refractivity contribution in [2.24, 2.45) is 0 Å². The second-order valence-corrected chi connectivity index (χ2v) is 4.10. The summed E-state index contributed by atoms with van der Waals surface area (Å²) >= 11 is 0. The summed E-state index contributed by atoms with van der Waals surface area (Å²) in [6, 6.07) is 11.7. The van der Waals surface area contributed by atoms with Gasteiger partial charge in [0.25, 0.3) is 5.91 Å². The van der Waals surface area contributed by atoms with Gasteiger partial charge in [0.1, 0.15) is 5.75 Å². The molecule has 0 fully saturated rings. The van der Waals surface area contributed by atoms with Gasteiger partial charge in [-0.2, -0.15) is 0 Å². The molecule has 0 aliphatic carbocycles. The van der Waals surface area contributed by atoms with Gasteiger partial charge < -0.3 is 16.2 Å². The van der Waals surface area contributed by atoms with Crippen LogP contribution in [-0.2, 0) is 0 Å². The fourth-order valence-electron chi connectivity index (χ4n) is 1.60. The lowest BCUT2D eigenvalue weighted by Crippen LogP contribution is -2.12. The minimum atomic E-state index is -0.346. The molecule has 4 heteroatoms. The van der Waals surface area contributed by atoms with Crippen molar-refractivity contribution >= 4 is 17.3 Å². The first kappa shape index (κ1) is 12.0. The largest absolute Gasteiger partial charge is 0.507 e. The number of benzene rings is 2. The van der Waals surface area contributed by atoms with Crippen LogP contribution in [0.1, 0.15) is 15.9 Å². The molecule has 0 bridgehead atoms. The highest BCUT2D eigenvalue weighted by atomic mass is 16.3. The van der Waals surface area contributed by atoms with Gasteiger partial charge in [-0.15, -0.1) is 0 Å². The lowest BCUT2D eigenvalue weighted by molar-refractivity contribution is 0.102. The predicted octanol–water partition coefficient (Wildman–Crippen LogP) is 2.54. The number of hydrogen-bond acceptors (Lipinski definition) is 3. The lowest BCUT2D eigenvalue weighted by Gasteiger charge is -2.07. The van der Waals surface area contributed by atoms with Crippen molar-refractivity contribution in [2.75, 3.05) is 11.1 Å². The molecule has 0 atom stereocenters. The molecule has 2 aromatic rings. The summed E-state index contributed by atoms with van der Waals surface area (Å²) in [5.74, 6) is -0.380. The number of amides is 1. The van der Waals surface area contributed by atoms with E-state index in [0.717, 1.165) is 5.56 Å². The second-order valence-electron chi connectivity index (χ2n) is 4.10. The minimum Gasteiger partial charge on any atom is -0.507 e. The highest BCUT2D eigenvalue weighted by Crippen LogP contribution is 2.20. The van der Waals surface area contributed by atoms with Crippen molar-refractivity contribution in [3.63, 3.8) is 0 Å². The van der Waals surface area contributed by atoms with Crippen molar-refractivity contribution in [1.82, 2.24) is 0 Å². The van der Waals surface area contributed by atoms with Crippen LogP contribution in [0.25, 0.3) is 0 Å². The number of carbonyl (C=O) groups is 1. The zero-order valence-corrected chi connectivity index (χ0v) is 9.97. The Labute approximate surface area is 105 Å². The first-order valence-electron chi connectivity index (χ1n) is 5.53. The van der Waals surface area contributed by atoms with Crippen molar-refractivity contribution in [3.8, 4) is 5.75 Å². The van der Waals surface area contributed by atoms with E-state index >= 15 is 0 Å². The van der Waals surface area contributed by atoms with Gasteiger partial charge in [0.15, 0.2) is 0 Å². The minimum absolute atomic E-state index is 0.0338. The highest BCUT2D eigenvalue weighted by Gasteiger charge is 2.11. The number of rotatable bonds is 2. The molecule has 18 heavy (non-hydrogen) atoms. The molecule has 0 saturated carbocycles. The molecular weight excluding hydrogens is 228 g/mol. The number of hydrogen-bond donors (Lipinski definition) is 3. The number of aryl methyl sites for hydroxylation is 1. The molecule has 0 heterocycles. The highest BCUT2D eigenvalue weighted by molar-refractivity contribution is 6.06. The molecule has 0 radical (unpaired) electrons. The van der Waals surface area contributed by atoms with Gasteiger partial charge in [-0.3, -0.25) is 4.79 Å². The maximum atomic E-state index is 12.0. The summed E-state index contributed by atoms with van der Waals surface area (Å²) in [6.45, 7) is 1.86. The van der Waals surface area contributed by atoms with E-state index < -0.39 is 0 Å². The van der Waals surface area contributed by atoms with Crippen molar-refractivity contribution in [3.05, 3.63) is 53.6 Å². The van der Waals surface area contributed by atoms with Crippen LogP contribution in [0, 0.1) is 6.92 Å². The van der Waals surface area contributed by atoms with Gasteiger partial charge >= 0.3 is 0 Å². The molecular formula is C14H14N2O2. The Hall–Kier alpha value is -2.49. The van der Waals surface area contributed by atoms with Crippen LogP contribution in [0.2, 0.25) is 0 Å². The number of nitrogens with two attached hydrogens (primary N) is 1. The van der Waals surface area contributed by atoms with Crippen LogP contribution < -0.4 is 11.1 Å². The number of carbonyl (C=O) groups excluding carboxylic acids is 1. The standard InChI is InChI=1S/C14H14N2O2/c1-9-2-7-13(17)12(8-9)14(18)16-11-5-3-10(15)4-6-11/h2-8,17H,15H2,1H3,(H,16,18). The third kappa shape index (κ3) is 2.60. The Morgan fingerprint density at radius 1 is 1.17 bits per heavy atom. The Balaban J connectivity index is 2.21. The number of nitrogen functional groups attached to an aromatic ring is 1. The van der Waals surface area contributed by atoms with E-state index in [1.165, 1.54) is 6.07 Å². The van der Waals surface area contributed by atoms with E-state index in [1.807, 2.05) is 6.92 Å². The van der Waals surface area contributed by atoms with Gasteiger partial charge in [0.2, 0.25) is 0 Å².